The first-order chi connectivity index (χ1) is 17.6. The Morgan fingerprint density at radius 3 is 2.51 bits per heavy atom. The molecule has 0 fully saturated rings. The topological polar surface area (TPSA) is 21.4 Å². The van der Waals surface area contributed by atoms with Crippen molar-refractivity contribution in [1.82, 2.24) is 4.40 Å². The molecule has 4 heterocycles. The molecule has 0 radical (unpaired) electrons. The summed E-state index contributed by atoms with van der Waals surface area (Å²) in [7, 11) is 2.04. The molecule has 35 heavy (non-hydrogen) atoms. The molecule has 0 amide bonds. The summed E-state index contributed by atoms with van der Waals surface area (Å²) < 4.78 is 28.7. The number of furan rings is 1. The zero-order chi connectivity index (χ0) is 25.9. The maximum atomic E-state index is 8.92. The third-order valence-electron chi connectivity index (χ3n) is 7.12. The summed E-state index contributed by atoms with van der Waals surface area (Å²) in [4.78, 5) is 0. The van der Waals surface area contributed by atoms with Crippen molar-refractivity contribution in [3.05, 3.63) is 84.1 Å². The van der Waals surface area contributed by atoms with E-state index >= 15 is 0 Å². The minimum Gasteiger partial charge on any atom is -0.454 e. The Hall–Kier alpha value is -3.85. The molecule has 3 heteroatoms. The van der Waals surface area contributed by atoms with Crippen LogP contribution in [0.4, 0.5) is 0 Å². The van der Waals surface area contributed by atoms with E-state index in [0.29, 0.717) is 5.56 Å². The fourth-order valence-electron chi connectivity index (χ4n) is 5.77. The summed E-state index contributed by atoms with van der Waals surface area (Å²) >= 11 is 0. The summed E-state index contributed by atoms with van der Waals surface area (Å²) in [6.45, 7) is 8.02. The van der Waals surface area contributed by atoms with Crippen LogP contribution in [-0.4, -0.2) is 4.40 Å². The Bertz CT molecular complexity index is 2020. The van der Waals surface area contributed by atoms with Crippen molar-refractivity contribution in [2.75, 3.05) is 0 Å². The van der Waals surface area contributed by atoms with Gasteiger partial charge in [-0.25, -0.2) is 4.57 Å². The minimum absolute atomic E-state index is 0.532. The van der Waals surface area contributed by atoms with Gasteiger partial charge in [-0.1, -0.05) is 51.1 Å². The number of hydrogen-bond acceptors (Lipinski definition) is 1. The van der Waals surface area contributed by atoms with Gasteiger partial charge in [-0.3, -0.25) is 0 Å². The smallest absolute Gasteiger partial charge is 0.213 e. The summed E-state index contributed by atoms with van der Waals surface area (Å²) in [5.41, 5.74) is 8.72. The second kappa shape index (κ2) is 6.85. The van der Waals surface area contributed by atoms with Crippen molar-refractivity contribution < 1.29 is 11.7 Å². The van der Waals surface area contributed by atoms with Gasteiger partial charge in [-0.15, -0.1) is 0 Å². The van der Waals surface area contributed by atoms with Crippen LogP contribution < -0.4 is 4.57 Å². The number of aryl methyl sites for hydroxylation is 2. The molecule has 0 aliphatic rings. The molecule has 0 spiro atoms. The maximum Gasteiger partial charge on any atom is 0.213 e. The normalized spacial score (nSPS) is 14.1. The van der Waals surface area contributed by atoms with Crippen molar-refractivity contribution in [3.63, 3.8) is 0 Å². The van der Waals surface area contributed by atoms with Crippen LogP contribution in [0, 0.1) is 12.3 Å². The van der Waals surface area contributed by atoms with E-state index in [4.69, 9.17) is 7.16 Å². The van der Waals surface area contributed by atoms with Gasteiger partial charge in [0.05, 0.1) is 16.6 Å². The maximum absolute atomic E-state index is 8.92. The van der Waals surface area contributed by atoms with Crippen LogP contribution in [0.2, 0.25) is 0 Å². The van der Waals surface area contributed by atoms with Crippen molar-refractivity contribution in [1.29, 1.82) is 0 Å². The van der Waals surface area contributed by atoms with E-state index in [1.165, 1.54) is 21.9 Å². The molecule has 0 bridgehead atoms. The van der Waals surface area contributed by atoms with Gasteiger partial charge >= 0.3 is 0 Å². The molecule has 0 unspecified atom stereocenters. The van der Waals surface area contributed by atoms with E-state index in [9.17, 15) is 0 Å². The molecule has 0 saturated heterocycles. The highest BCUT2D eigenvalue weighted by molar-refractivity contribution is 6.28. The molecule has 7 aromatic rings. The second-order valence-corrected chi connectivity index (χ2v) is 10.8. The van der Waals surface area contributed by atoms with E-state index in [2.05, 4.69) is 58.4 Å². The third-order valence-corrected chi connectivity index (χ3v) is 7.12. The van der Waals surface area contributed by atoms with Crippen molar-refractivity contribution in [2.45, 2.75) is 34.1 Å². The average molecular weight is 460 g/mol. The zero-order valence-corrected chi connectivity index (χ0v) is 20.7. The highest BCUT2D eigenvalue weighted by Crippen LogP contribution is 2.45. The molecule has 0 aliphatic carbocycles. The molecule has 4 aromatic heterocycles. The standard InChI is InChI=1S/C32H29N2O/c1-19-13-14-24-28(27(19)25-17-20(15-16-33(25)5)18-32(2,3)4)22-10-8-11-23-29(22)34(24)30-21-9-6-7-12-26(21)35-31(23)30/h6-17H,18H2,1-5H3/q+1/i18D2. The molecule has 3 aromatic carbocycles. The van der Waals surface area contributed by atoms with E-state index in [1.807, 2.05) is 58.3 Å². The van der Waals surface area contributed by atoms with Gasteiger partial charge in [0.2, 0.25) is 5.69 Å². The van der Waals surface area contributed by atoms with Crippen molar-refractivity contribution in [3.8, 4) is 11.3 Å². The van der Waals surface area contributed by atoms with Gasteiger partial charge in [-0.2, -0.15) is 0 Å². The Morgan fingerprint density at radius 1 is 0.914 bits per heavy atom. The monoisotopic (exact) mass is 459 g/mol. The van der Waals surface area contributed by atoms with Gasteiger partial charge < -0.3 is 8.82 Å². The van der Waals surface area contributed by atoms with Gasteiger partial charge in [0.15, 0.2) is 11.8 Å². The first kappa shape index (κ1) is 18.5. The number of hydrogen-bond donors (Lipinski definition) is 0. The number of fused-ring (bicyclic) bond motifs is 8. The summed E-state index contributed by atoms with van der Waals surface area (Å²) in [5.74, 6) is 0. The SMILES string of the molecule is [2H]C([2H])(c1cc[n+](C)c(-c2c(C)ccc3c2c2cccc4c5oc6ccccc6c5n3c42)c1)C(C)(C)C. The van der Waals surface area contributed by atoms with Crippen LogP contribution in [-0.2, 0) is 13.4 Å². The fourth-order valence-corrected chi connectivity index (χ4v) is 5.77. The van der Waals surface area contributed by atoms with Crippen LogP contribution in [0.5, 0.6) is 0 Å². The van der Waals surface area contributed by atoms with Crippen LogP contribution in [0.1, 0.15) is 34.6 Å². The molecule has 0 atom stereocenters. The quantitative estimate of drug-likeness (QED) is 0.240. The third kappa shape index (κ3) is 2.81. The zero-order valence-electron chi connectivity index (χ0n) is 22.7. The van der Waals surface area contributed by atoms with Gasteiger partial charge in [0.1, 0.15) is 18.1 Å². The number of pyridine rings is 1. The first-order valence-electron chi connectivity index (χ1n) is 13.2. The lowest BCUT2D eigenvalue weighted by molar-refractivity contribution is -0.660. The Morgan fingerprint density at radius 2 is 1.69 bits per heavy atom. The molecule has 172 valence electrons. The van der Waals surface area contributed by atoms with Crippen LogP contribution >= 0.6 is 0 Å². The average Bonchev–Trinajstić information content (AvgIpc) is 3.49. The predicted octanol–water partition coefficient (Wildman–Crippen LogP) is 7.97. The van der Waals surface area contributed by atoms with Gasteiger partial charge in [-0.05, 0) is 54.1 Å². The summed E-state index contributed by atoms with van der Waals surface area (Å²) in [6, 6.07) is 23.1. The number of benzene rings is 3. The van der Waals surface area contributed by atoms with E-state index in [0.717, 1.165) is 44.2 Å². The molecule has 0 saturated carbocycles. The molecular formula is C32H29N2O+. The highest BCUT2D eigenvalue weighted by Gasteiger charge is 2.26. The van der Waals surface area contributed by atoms with Crippen molar-refractivity contribution in [2.24, 2.45) is 12.5 Å². The summed E-state index contributed by atoms with van der Waals surface area (Å²) in [6.07, 6.45) is 0.514. The first-order valence-corrected chi connectivity index (χ1v) is 12.2. The number of aromatic nitrogens is 2. The van der Waals surface area contributed by atoms with E-state index in [1.54, 1.807) is 0 Å². The number of nitrogens with zero attached hydrogens (tertiary/aromatic N) is 2. The predicted molar refractivity (Wildman–Crippen MR) is 145 cm³/mol. The lowest BCUT2D eigenvalue weighted by Crippen LogP contribution is -2.31. The van der Waals surface area contributed by atoms with Crippen LogP contribution in [0.15, 0.2) is 77.3 Å². The van der Waals surface area contributed by atoms with Gasteiger partial charge in [0.25, 0.3) is 0 Å². The number of rotatable bonds is 2. The lowest BCUT2D eigenvalue weighted by atomic mass is 9.87. The minimum atomic E-state index is -1.48. The Balaban J connectivity index is 1.65. The lowest BCUT2D eigenvalue weighted by Gasteiger charge is -2.18. The summed E-state index contributed by atoms with van der Waals surface area (Å²) in [5, 5.41) is 4.61. The van der Waals surface area contributed by atoms with E-state index < -0.39 is 11.8 Å². The largest absolute Gasteiger partial charge is 0.454 e. The Kier molecular flexibility index (Phi) is 3.62. The van der Waals surface area contributed by atoms with Crippen LogP contribution in [0.25, 0.3) is 60.5 Å². The van der Waals surface area contributed by atoms with Crippen molar-refractivity contribution >= 4 is 49.3 Å². The number of para-hydroxylation sites is 2. The molecule has 0 N–H and O–H groups in total. The van der Waals surface area contributed by atoms with Gasteiger partial charge in [0, 0.05) is 36.4 Å². The molecule has 0 aliphatic heterocycles. The highest BCUT2D eigenvalue weighted by atomic mass is 16.3. The van der Waals surface area contributed by atoms with Crippen LogP contribution in [0.3, 0.4) is 0 Å². The second-order valence-electron chi connectivity index (χ2n) is 10.8. The Labute approximate surface area is 207 Å². The molecular weight excluding hydrogens is 428 g/mol. The fraction of sp³-hybridized carbons (Fsp3) is 0.219. The molecule has 7 rings (SSSR count). The molecule has 3 nitrogen and oxygen atoms in total. The van der Waals surface area contributed by atoms with E-state index in [-0.39, 0.29) is 0 Å².